The molecule has 3 rings (SSSR count). The minimum Gasteiger partial charge on any atom is -0.316 e. The van der Waals surface area contributed by atoms with Gasteiger partial charge in [-0.2, -0.15) is 0 Å². The summed E-state index contributed by atoms with van der Waals surface area (Å²) in [6.07, 6.45) is 5.79. The molecule has 28 heavy (non-hydrogen) atoms. The molecule has 0 bridgehead atoms. The summed E-state index contributed by atoms with van der Waals surface area (Å²) in [4.78, 5) is 6.38. The number of pyridine rings is 1. The van der Waals surface area contributed by atoms with E-state index in [1.165, 1.54) is 5.56 Å². The normalized spacial score (nSPS) is 11.4. The second-order valence-electron chi connectivity index (χ2n) is 7.91. The summed E-state index contributed by atoms with van der Waals surface area (Å²) in [5.41, 5.74) is 4.47. The Bertz CT molecular complexity index is 908. The van der Waals surface area contributed by atoms with Crippen molar-refractivity contribution >= 4 is 22.2 Å². The fourth-order valence-electron chi connectivity index (χ4n) is 2.91. The van der Waals surface area contributed by atoms with Crippen LogP contribution in [0, 0.1) is 0 Å². The number of nitrogens with zero attached hydrogens (tertiary/aromatic N) is 4. The average Bonchev–Trinajstić information content (AvgIpc) is 3.18. The predicted octanol–water partition coefficient (Wildman–Crippen LogP) is 6.18. The Labute approximate surface area is 172 Å². The quantitative estimate of drug-likeness (QED) is 0.482. The highest BCUT2D eigenvalue weighted by atomic mass is 32.1. The molecule has 0 unspecified atom stereocenters. The number of aromatic nitrogens is 3. The lowest BCUT2D eigenvalue weighted by Crippen LogP contribution is -2.22. The minimum absolute atomic E-state index is 0.142. The third-order valence-electron chi connectivity index (χ3n) is 4.70. The Morgan fingerprint density at radius 1 is 1.11 bits per heavy atom. The first kappa shape index (κ1) is 20.2. The van der Waals surface area contributed by atoms with Gasteiger partial charge in [-0.15, -0.1) is 10.2 Å². The molecule has 0 fully saturated rings. The van der Waals surface area contributed by atoms with Gasteiger partial charge in [0.05, 0.1) is 0 Å². The van der Waals surface area contributed by atoms with Crippen LogP contribution in [0.4, 0.5) is 5.13 Å². The van der Waals surface area contributed by atoms with Crippen molar-refractivity contribution in [2.24, 2.45) is 0 Å². The molecule has 2 heterocycles. The predicted molar refractivity (Wildman–Crippen MR) is 120 cm³/mol. The highest BCUT2D eigenvalue weighted by Gasteiger charge is 2.18. The van der Waals surface area contributed by atoms with E-state index in [4.69, 9.17) is 0 Å². The number of hydrogen-bond donors (Lipinski definition) is 0. The topological polar surface area (TPSA) is 41.9 Å². The van der Waals surface area contributed by atoms with Crippen LogP contribution in [-0.2, 0) is 5.41 Å². The van der Waals surface area contributed by atoms with Crippen LogP contribution in [0.1, 0.15) is 51.7 Å². The van der Waals surface area contributed by atoms with Crippen molar-refractivity contribution in [2.75, 3.05) is 11.4 Å². The molecule has 0 N–H and O–H groups in total. The van der Waals surface area contributed by atoms with Crippen molar-refractivity contribution in [3.05, 3.63) is 66.5 Å². The summed E-state index contributed by atoms with van der Waals surface area (Å²) in [5, 5.41) is 10.7. The van der Waals surface area contributed by atoms with Crippen LogP contribution < -0.4 is 4.90 Å². The van der Waals surface area contributed by atoms with Gasteiger partial charge in [0, 0.05) is 35.8 Å². The number of hydrogen-bond acceptors (Lipinski definition) is 5. The summed E-state index contributed by atoms with van der Waals surface area (Å²) in [5.74, 6) is 0. The van der Waals surface area contributed by atoms with Gasteiger partial charge in [0.2, 0.25) is 5.13 Å². The van der Waals surface area contributed by atoms with Gasteiger partial charge >= 0.3 is 0 Å². The van der Waals surface area contributed by atoms with E-state index in [0.717, 1.165) is 46.3 Å². The van der Waals surface area contributed by atoms with E-state index in [2.05, 4.69) is 78.6 Å². The van der Waals surface area contributed by atoms with E-state index in [9.17, 15) is 0 Å². The van der Waals surface area contributed by atoms with Crippen molar-refractivity contribution in [3.8, 4) is 10.6 Å². The van der Waals surface area contributed by atoms with Crippen molar-refractivity contribution in [1.29, 1.82) is 0 Å². The zero-order valence-corrected chi connectivity index (χ0v) is 18.0. The van der Waals surface area contributed by atoms with Gasteiger partial charge in [0.15, 0.2) is 0 Å². The maximum absolute atomic E-state index is 4.48. The molecule has 0 amide bonds. The summed E-state index contributed by atoms with van der Waals surface area (Å²) < 4.78 is 0. The second kappa shape index (κ2) is 8.65. The first-order chi connectivity index (χ1) is 13.4. The Morgan fingerprint density at radius 2 is 1.86 bits per heavy atom. The van der Waals surface area contributed by atoms with Gasteiger partial charge in [-0.25, -0.2) is 0 Å². The van der Waals surface area contributed by atoms with Crippen molar-refractivity contribution in [1.82, 2.24) is 15.2 Å². The van der Waals surface area contributed by atoms with Crippen molar-refractivity contribution in [2.45, 2.75) is 46.0 Å². The highest BCUT2D eigenvalue weighted by Crippen LogP contribution is 2.33. The van der Waals surface area contributed by atoms with Crippen LogP contribution in [-0.4, -0.2) is 21.7 Å². The molecule has 1 aromatic carbocycles. The van der Waals surface area contributed by atoms with E-state index in [1.807, 2.05) is 18.3 Å². The third kappa shape index (κ3) is 4.65. The molecular weight excluding hydrogens is 364 g/mol. The van der Waals surface area contributed by atoms with Gasteiger partial charge in [0.1, 0.15) is 5.01 Å². The lowest BCUT2D eigenvalue weighted by Gasteiger charge is -2.23. The van der Waals surface area contributed by atoms with Crippen LogP contribution in [0.15, 0.2) is 55.4 Å². The molecule has 0 radical (unpaired) electrons. The smallest absolute Gasteiger partial charge is 0.213 e. The maximum Gasteiger partial charge on any atom is 0.213 e. The molecule has 0 aliphatic carbocycles. The van der Waals surface area contributed by atoms with Gasteiger partial charge in [-0.05, 0) is 29.5 Å². The summed E-state index contributed by atoms with van der Waals surface area (Å²) in [7, 11) is 0. The van der Waals surface area contributed by atoms with Gasteiger partial charge < -0.3 is 4.90 Å². The zero-order valence-electron chi connectivity index (χ0n) is 17.1. The lowest BCUT2D eigenvalue weighted by atomic mass is 9.87. The molecule has 0 saturated heterocycles. The Hall–Kier alpha value is -2.53. The fourth-order valence-corrected chi connectivity index (χ4v) is 3.81. The highest BCUT2D eigenvalue weighted by molar-refractivity contribution is 7.18. The van der Waals surface area contributed by atoms with Gasteiger partial charge in [-0.1, -0.05) is 76.3 Å². The minimum atomic E-state index is 0.142. The molecule has 4 nitrogen and oxygen atoms in total. The van der Waals surface area contributed by atoms with Crippen LogP contribution in [0.2, 0.25) is 0 Å². The largest absolute Gasteiger partial charge is 0.316 e. The molecular formula is C23H28N4S. The Kier molecular flexibility index (Phi) is 6.25. The van der Waals surface area contributed by atoms with Crippen molar-refractivity contribution in [3.63, 3.8) is 0 Å². The van der Waals surface area contributed by atoms with Crippen LogP contribution in [0.3, 0.4) is 0 Å². The first-order valence-electron chi connectivity index (χ1n) is 9.71. The van der Waals surface area contributed by atoms with E-state index < -0.39 is 0 Å². The van der Waals surface area contributed by atoms with Crippen LogP contribution in [0.5, 0.6) is 0 Å². The number of rotatable bonds is 7. The average molecular weight is 393 g/mol. The lowest BCUT2D eigenvalue weighted by molar-refractivity contribution is 0.590. The van der Waals surface area contributed by atoms with E-state index >= 15 is 0 Å². The van der Waals surface area contributed by atoms with E-state index in [-0.39, 0.29) is 5.41 Å². The van der Waals surface area contributed by atoms with Crippen molar-refractivity contribution < 1.29 is 0 Å². The van der Waals surface area contributed by atoms with Crippen LogP contribution >= 0.6 is 11.3 Å². The number of anilines is 1. The molecule has 3 aromatic rings. The Balaban J connectivity index is 1.87. The summed E-state index contributed by atoms with van der Waals surface area (Å²) >= 11 is 1.60. The van der Waals surface area contributed by atoms with Crippen LogP contribution in [0.25, 0.3) is 16.3 Å². The molecule has 0 aliphatic heterocycles. The van der Waals surface area contributed by atoms with Gasteiger partial charge in [-0.3, -0.25) is 4.98 Å². The molecule has 0 spiro atoms. The monoisotopic (exact) mass is 392 g/mol. The number of unbranched alkanes of at least 4 members (excludes halogenated alkanes) is 1. The maximum atomic E-state index is 4.48. The van der Waals surface area contributed by atoms with E-state index in [0.29, 0.717) is 0 Å². The first-order valence-corrected chi connectivity index (χ1v) is 10.5. The fraction of sp³-hybridized carbons (Fsp3) is 0.348. The zero-order chi connectivity index (χ0) is 20.1. The molecule has 2 aromatic heterocycles. The molecule has 0 atom stereocenters. The summed E-state index contributed by atoms with van der Waals surface area (Å²) in [6.45, 7) is 14.0. The molecule has 146 valence electrons. The second-order valence-corrected chi connectivity index (χ2v) is 8.87. The molecule has 5 heteroatoms. The SMILES string of the molecule is C=C(c1cccnc1)N(CCCC)c1nnc(-c2ccc(C(C)(C)C)cc2)s1. The standard InChI is InChI=1S/C23H28N4S/c1-6-7-15-27(17(2)19-9-8-14-24-16-19)22-26-25-21(28-22)18-10-12-20(13-11-18)23(3,4)5/h8-14,16H,2,6-7,15H2,1,3-5H3. The Morgan fingerprint density at radius 3 is 2.46 bits per heavy atom. The number of benzene rings is 1. The summed E-state index contributed by atoms with van der Waals surface area (Å²) in [6, 6.07) is 12.6. The van der Waals surface area contributed by atoms with E-state index in [1.54, 1.807) is 17.5 Å². The third-order valence-corrected chi connectivity index (χ3v) is 5.69. The molecule has 0 aliphatic rings. The molecule has 0 saturated carbocycles. The van der Waals surface area contributed by atoms with Gasteiger partial charge in [0.25, 0.3) is 0 Å².